The highest BCUT2D eigenvalue weighted by Crippen LogP contribution is 2.36. The second-order valence-electron chi connectivity index (χ2n) is 4.47. The lowest BCUT2D eigenvalue weighted by molar-refractivity contribution is -0.124. The lowest BCUT2D eigenvalue weighted by Crippen LogP contribution is -2.54. The van der Waals surface area contributed by atoms with Gasteiger partial charge in [0.15, 0.2) is 0 Å². The average Bonchev–Trinajstić information content (AvgIpc) is 2.61. The van der Waals surface area contributed by atoms with E-state index in [2.05, 4.69) is 0 Å². The quantitative estimate of drug-likeness (QED) is 0.570. The second kappa shape index (κ2) is 6.47. The highest BCUT2D eigenvalue weighted by atomic mass is 32.2. The number of carbonyl (C=O) groups is 1. The van der Waals surface area contributed by atoms with E-state index in [4.69, 9.17) is 16.6 Å². The molecule has 1 fully saturated rings. The minimum atomic E-state index is -0.766. The summed E-state index contributed by atoms with van der Waals surface area (Å²) in [6.45, 7) is 0.249. The molecule has 1 saturated carbocycles. The largest absolute Gasteiger partial charge is 0.396 e. The van der Waals surface area contributed by atoms with Crippen LogP contribution in [0.1, 0.15) is 32.1 Å². The first-order chi connectivity index (χ1) is 7.61. The van der Waals surface area contributed by atoms with Crippen LogP contribution >= 0.6 is 11.8 Å². The first kappa shape index (κ1) is 13.8. The molecule has 0 aromatic carbocycles. The fraction of sp³-hybridized carbons (Fsp3) is 0.909. The summed E-state index contributed by atoms with van der Waals surface area (Å²) in [6, 6.07) is 0. The number of carbonyl (C=O) groups excluding carboxylic acids is 1. The summed E-state index contributed by atoms with van der Waals surface area (Å²) in [5.41, 5.74) is 10.7. The summed E-state index contributed by atoms with van der Waals surface area (Å²) in [5.74, 6) is 1.86. The van der Waals surface area contributed by atoms with E-state index in [1.165, 1.54) is 0 Å². The Bertz CT molecular complexity index is 238. The van der Waals surface area contributed by atoms with E-state index < -0.39 is 5.54 Å². The summed E-state index contributed by atoms with van der Waals surface area (Å²) >= 11 is 1.81. The zero-order valence-electron chi connectivity index (χ0n) is 9.65. The molecule has 1 rings (SSSR count). The first-order valence-electron chi connectivity index (χ1n) is 5.88. The van der Waals surface area contributed by atoms with E-state index in [0.29, 0.717) is 0 Å². The molecule has 0 bridgehead atoms. The maximum Gasteiger partial charge on any atom is 0.237 e. The van der Waals surface area contributed by atoms with Crippen LogP contribution in [0.25, 0.3) is 0 Å². The molecule has 0 saturated heterocycles. The highest BCUT2D eigenvalue weighted by molar-refractivity contribution is 7.99. The van der Waals surface area contributed by atoms with Gasteiger partial charge in [-0.2, -0.15) is 11.8 Å². The van der Waals surface area contributed by atoms with Crippen molar-refractivity contribution in [3.8, 4) is 0 Å². The van der Waals surface area contributed by atoms with Gasteiger partial charge in [0.2, 0.25) is 5.91 Å². The summed E-state index contributed by atoms with van der Waals surface area (Å²) in [6.07, 6.45) is 4.54. The van der Waals surface area contributed by atoms with E-state index in [1.807, 2.05) is 11.8 Å². The number of amides is 1. The Morgan fingerprint density at radius 3 is 2.88 bits per heavy atom. The van der Waals surface area contributed by atoms with E-state index in [-0.39, 0.29) is 18.4 Å². The standard InChI is InChI=1S/C11H22N2O2S/c12-10(15)11(13)5-1-3-9(11)4-8-16-7-2-6-14/h9,14H,1-8,13H2,(H2,12,15). The molecule has 16 heavy (non-hydrogen) atoms. The van der Waals surface area contributed by atoms with Crippen LogP contribution in [-0.4, -0.2) is 34.7 Å². The monoisotopic (exact) mass is 246 g/mol. The van der Waals surface area contributed by atoms with Crippen LogP contribution in [-0.2, 0) is 4.79 Å². The van der Waals surface area contributed by atoms with Gasteiger partial charge in [-0.25, -0.2) is 0 Å². The maximum atomic E-state index is 11.3. The van der Waals surface area contributed by atoms with Gasteiger partial charge in [0.05, 0.1) is 5.54 Å². The van der Waals surface area contributed by atoms with Gasteiger partial charge in [-0.1, -0.05) is 6.42 Å². The van der Waals surface area contributed by atoms with Gasteiger partial charge in [-0.05, 0) is 43.1 Å². The number of aliphatic hydroxyl groups is 1. The van der Waals surface area contributed by atoms with E-state index in [1.54, 1.807) is 0 Å². The van der Waals surface area contributed by atoms with Crippen molar-refractivity contribution in [3.05, 3.63) is 0 Å². The Labute approximate surface area is 101 Å². The molecule has 1 amide bonds. The van der Waals surface area contributed by atoms with Crippen LogP contribution < -0.4 is 11.5 Å². The van der Waals surface area contributed by atoms with Gasteiger partial charge in [0, 0.05) is 6.61 Å². The average molecular weight is 246 g/mol. The predicted octanol–water partition coefficient (Wildman–Crippen LogP) is 0.475. The number of rotatable bonds is 7. The molecule has 0 aliphatic heterocycles. The van der Waals surface area contributed by atoms with Crippen molar-refractivity contribution in [2.45, 2.75) is 37.6 Å². The highest BCUT2D eigenvalue weighted by Gasteiger charge is 2.43. The number of hydrogen-bond acceptors (Lipinski definition) is 4. The van der Waals surface area contributed by atoms with Gasteiger partial charge in [-0.3, -0.25) is 4.79 Å². The Kier molecular flexibility index (Phi) is 5.58. The molecular formula is C11H22N2O2S. The molecule has 0 aromatic rings. The summed E-state index contributed by atoms with van der Waals surface area (Å²) in [7, 11) is 0. The molecule has 94 valence electrons. The molecule has 4 nitrogen and oxygen atoms in total. The third-order valence-corrected chi connectivity index (χ3v) is 4.49. The third kappa shape index (κ3) is 3.37. The van der Waals surface area contributed by atoms with E-state index in [0.717, 1.165) is 43.6 Å². The predicted molar refractivity (Wildman–Crippen MR) is 67.1 cm³/mol. The van der Waals surface area contributed by atoms with Gasteiger partial charge in [-0.15, -0.1) is 0 Å². The Morgan fingerprint density at radius 2 is 2.25 bits per heavy atom. The van der Waals surface area contributed by atoms with E-state index >= 15 is 0 Å². The lowest BCUT2D eigenvalue weighted by Gasteiger charge is -2.27. The van der Waals surface area contributed by atoms with Crippen LogP contribution in [0.2, 0.25) is 0 Å². The Balaban J connectivity index is 2.28. The van der Waals surface area contributed by atoms with Crippen LogP contribution in [0.4, 0.5) is 0 Å². The van der Waals surface area contributed by atoms with Crippen molar-refractivity contribution < 1.29 is 9.90 Å². The first-order valence-corrected chi connectivity index (χ1v) is 7.04. The van der Waals surface area contributed by atoms with Crippen molar-refractivity contribution in [1.82, 2.24) is 0 Å². The third-order valence-electron chi connectivity index (χ3n) is 3.39. The van der Waals surface area contributed by atoms with Crippen LogP contribution in [0.3, 0.4) is 0 Å². The molecule has 1 aliphatic rings. The number of thioether (sulfide) groups is 1. The molecule has 5 N–H and O–H groups in total. The van der Waals surface area contributed by atoms with Gasteiger partial charge in [0.1, 0.15) is 0 Å². The van der Waals surface area contributed by atoms with Crippen LogP contribution in [0, 0.1) is 5.92 Å². The van der Waals surface area contributed by atoms with Gasteiger partial charge in [0.25, 0.3) is 0 Å². The zero-order chi connectivity index (χ0) is 12.0. The minimum absolute atomic E-state index is 0.242. The summed E-state index contributed by atoms with van der Waals surface area (Å²) < 4.78 is 0. The van der Waals surface area contributed by atoms with Crippen LogP contribution in [0.5, 0.6) is 0 Å². The fourth-order valence-corrected chi connectivity index (χ4v) is 3.31. The number of aliphatic hydroxyl groups excluding tert-OH is 1. The van der Waals surface area contributed by atoms with Crippen molar-refractivity contribution in [2.75, 3.05) is 18.1 Å². The second-order valence-corrected chi connectivity index (χ2v) is 5.70. The number of hydrogen-bond donors (Lipinski definition) is 3. The zero-order valence-corrected chi connectivity index (χ0v) is 10.5. The summed E-state index contributed by atoms with van der Waals surface area (Å²) in [5, 5.41) is 8.64. The molecule has 2 unspecified atom stereocenters. The SMILES string of the molecule is NC(=O)C1(N)CCCC1CCSCCCO. The van der Waals surface area contributed by atoms with Crippen molar-refractivity contribution in [1.29, 1.82) is 0 Å². The number of primary amides is 1. The normalized spacial score (nSPS) is 29.5. The smallest absolute Gasteiger partial charge is 0.237 e. The van der Waals surface area contributed by atoms with Crippen molar-refractivity contribution >= 4 is 17.7 Å². The topological polar surface area (TPSA) is 89.3 Å². The molecular weight excluding hydrogens is 224 g/mol. The van der Waals surface area contributed by atoms with Crippen molar-refractivity contribution in [3.63, 3.8) is 0 Å². The minimum Gasteiger partial charge on any atom is -0.396 e. The fourth-order valence-electron chi connectivity index (χ4n) is 2.32. The van der Waals surface area contributed by atoms with Gasteiger partial charge < -0.3 is 16.6 Å². The molecule has 2 atom stereocenters. The molecule has 0 spiro atoms. The molecule has 0 radical (unpaired) electrons. The maximum absolute atomic E-state index is 11.3. The summed E-state index contributed by atoms with van der Waals surface area (Å²) in [4.78, 5) is 11.3. The Hall–Kier alpha value is -0.260. The van der Waals surface area contributed by atoms with E-state index in [9.17, 15) is 4.79 Å². The lowest BCUT2D eigenvalue weighted by atomic mass is 9.85. The molecule has 5 heteroatoms. The van der Waals surface area contributed by atoms with Gasteiger partial charge >= 0.3 is 0 Å². The van der Waals surface area contributed by atoms with Crippen LogP contribution in [0.15, 0.2) is 0 Å². The molecule has 0 aromatic heterocycles. The Morgan fingerprint density at radius 1 is 1.50 bits per heavy atom. The van der Waals surface area contributed by atoms with Crippen molar-refractivity contribution in [2.24, 2.45) is 17.4 Å². The molecule has 1 aliphatic carbocycles. The number of nitrogens with two attached hydrogens (primary N) is 2. The molecule has 0 heterocycles.